The van der Waals surface area contributed by atoms with E-state index in [2.05, 4.69) is 5.32 Å². The zero-order valence-corrected chi connectivity index (χ0v) is 12.2. The zero-order valence-electron chi connectivity index (χ0n) is 12.2. The number of amides is 1. The Kier molecular flexibility index (Phi) is 5.14. The van der Waals surface area contributed by atoms with Crippen LogP contribution in [0.5, 0.6) is 5.75 Å². The van der Waals surface area contributed by atoms with Crippen molar-refractivity contribution < 1.29 is 23.8 Å². The molecule has 6 heteroatoms. The van der Waals surface area contributed by atoms with E-state index in [0.29, 0.717) is 25.1 Å². The zero-order chi connectivity index (χ0) is 16.1. The van der Waals surface area contributed by atoms with Crippen molar-refractivity contribution in [3.8, 4) is 5.75 Å². The number of benzene rings is 1. The fraction of sp³-hybridized carbons (Fsp3) is 0.375. The van der Waals surface area contributed by atoms with Crippen LogP contribution in [0.1, 0.15) is 19.8 Å². The molecule has 1 aromatic carbocycles. The van der Waals surface area contributed by atoms with E-state index in [1.54, 1.807) is 19.1 Å². The molecule has 0 spiro atoms. The lowest BCUT2D eigenvalue weighted by atomic mass is 9.82. The van der Waals surface area contributed by atoms with Gasteiger partial charge in [-0.25, -0.2) is 4.39 Å². The summed E-state index contributed by atoms with van der Waals surface area (Å²) in [6.07, 6.45) is 4.27. The van der Waals surface area contributed by atoms with Crippen molar-refractivity contribution in [3.05, 3.63) is 36.2 Å². The first-order valence-corrected chi connectivity index (χ1v) is 7.14. The number of hydrogen-bond donors (Lipinski definition) is 2. The van der Waals surface area contributed by atoms with Crippen LogP contribution < -0.4 is 10.1 Å². The Labute approximate surface area is 127 Å². The van der Waals surface area contributed by atoms with Gasteiger partial charge in [0.05, 0.1) is 24.1 Å². The molecule has 0 aromatic heterocycles. The van der Waals surface area contributed by atoms with Crippen molar-refractivity contribution in [2.45, 2.75) is 19.8 Å². The maximum absolute atomic E-state index is 13.3. The van der Waals surface area contributed by atoms with Crippen LogP contribution >= 0.6 is 0 Å². The number of aliphatic carboxylic acids is 1. The highest BCUT2D eigenvalue weighted by Crippen LogP contribution is 2.30. The van der Waals surface area contributed by atoms with Gasteiger partial charge in [0.25, 0.3) is 0 Å². The number of hydrogen-bond acceptors (Lipinski definition) is 3. The van der Waals surface area contributed by atoms with Crippen LogP contribution in [0.15, 0.2) is 30.4 Å². The van der Waals surface area contributed by atoms with Gasteiger partial charge in [-0.3, -0.25) is 9.59 Å². The highest BCUT2D eigenvalue weighted by molar-refractivity contribution is 5.96. The molecule has 0 unspecified atom stereocenters. The molecule has 0 radical (unpaired) electrons. The average Bonchev–Trinajstić information content (AvgIpc) is 2.50. The molecule has 2 atom stereocenters. The van der Waals surface area contributed by atoms with E-state index in [4.69, 9.17) is 4.74 Å². The van der Waals surface area contributed by atoms with Crippen LogP contribution in [0.25, 0.3) is 0 Å². The number of carboxylic acids is 1. The molecule has 22 heavy (non-hydrogen) atoms. The van der Waals surface area contributed by atoms with Gasteiger partial charge in [0.15, 0.2) is 0 Å². The van der Waals surface area contributed by atoms with Crippen LogP contribution in [0.4, 0.5) is 10.1 Å². The van der Waals surface area contributed by atoms with E-state index >= 15 is 0 Å². The van der Waals surface area contributed by atoms with Gasteiger partial charge in [-0.1, -0.05) is 12.2 Å². The number of carbonyl (C=O) groups excluding carboxylic acids is 1. The number of nitrogens with one attached hydrogen (secondary N) is 1. The first-order valence-electron chi connectivity index (χ1n) is 7.14. The third kappa shape index (κ3) is 3.63. The van der Waals surface area contributed by atoms with E-state index in [0.717, 1.165) is 0 Å². The SMILES string of the molecule is CCOc1cc(F)ccc1NC(=O)[C@H]1CC=CC[C@H]1C(=O)O. The average molecular weight is 307 g/mol. The summed E-state index contributed by atoms with van der Waals surface area (Å²) in [4.78, 5) is 23.6. The van der Waals surface area contributed by atoms with Crippen LogP contribution in [0.2, 0.25) is 0 Å². The maximum Gasteiger partial charge on any atom is 0.307 e. The number of carboxylic acid groups (broad SMARTS) is 1. The topological polar surface area (TPSA) is 75.6 Å². The van der Waals surface area contributed by atoms with Gasteiger partial charge < -0.3 is 15.2 Å². The van der Waals surface area contributed by atoms with Crippen LogP contribution in [0, 0.1) is 17.7 Å². The molecule has 0 bridgehead atoms. The van der Waals surface area contributed by atoms with Gasteiger partial charge in [0.2, 0.25) is 5.91 Å². The van der Waals surface area contributed by atoms with Crippen molar-refractivity contribution in [2.24, 2.45) is 11.8 Å². The first kappa shape index (κ1) is 16.0. The van der Waals surface area contributed by atoms with Crippen LogP contribution in [-0.2, 0) is 9.59 Å². The Balaban J connectivity index is 2.17. The lowest BCUT2D eigenvalue weighted by Crippen LogP contribution is -2.34. The molecule has 1 aromatic rings. The minimum absolute atomic E-state index is 0.231. The summed E-state index contributed by atoms with van der Waals surface area (Å²) < 4.78 is 18.5. The van der Waals surface area contributed by atoms with E-state index in [-0.39, 0.29) is 5.75 Å². The predicted molar refractivity (Wildman–Crippen MR) is 79.2 cm³/mol. The summed E-state index contributed by atoms with van der Waals surface area (Å²) in [5, 5.41) is 11.9. The number of anilines is 1. The summed E-state index contributed by atoms with van der Waals surface area (Å²) in [5.74, 6) is -3.03. The normalized spacial score (nSPS) is 20.5. The highest BCUT2D eigenvalue weighted by Gasteiger charge is 2.34. The molecule has 0 fully saturated rings. The highest BCUT2D eigenvalue weighted by atomic mass is 19.1. The lowest BCUT2D eigenvalue weighted by Gasteiger charge is -2.24. The lowest BCUT2D eigenvalue weighted by molar-refractivity contribution is -0.146. The molecule has 0 aliphatic heterocycles. The second kappa shape index (κ2) is 7.06. The van der Waals surface area contributed by atoms with Gasteiger partial charge in [-0.15, -0.1) is 0 Å². The second-order valence-electron chi connectivity index (χ2n) is 5.06. The number of allylic oxidation sites excluding steroid dienone is 2. The Morgan fingerprint density at radius 3 is 2.64 bits per heavy atom. The minimum Gasteiger partial charge on any atom is -0.492 e. The summed E-state index contributed by atoms with van der Waals surface area (Å²) in [5.41, 5.74) is 0.340. The number of halogens is 1. The molecule has 5 nitrogen and oxygen atoms in total. The largest absolute Gasteiger partial charge is 0.492 e. The molecule has 0 heterocycles. The predicted octanol–water partition coefficient (Wildman–Crippen LogP) is 2.83. The molecular weight excluding hydrogens is 289 g/mol. The van der Waals surface area contributed by atoms with Crippen molar-refractivity contribution in [2.75, 3.05) is 11.9 Å². The van der Waals surface area contributed by atoms with Gasteiger partial charge in [-0.05, 0) is 31.9 Å². The third-order valence-electron chi connectivity index (χ3n) is 3.59. The minimum atomic E-state index is -0.992. The molecule has 118 valence electrons. The molecule has 0 saturated carbocycles. The van der Waals surface area contributed by atoms with Crippen molar-refractivity contribution >= 4 is 17.6 Å². The first-order chi connectivity index (χ1) is 10.5. The van der Waals surface area contributed by atoms with Crippen molar-refractivity contribution in [3.63, 3.8) is 0 Å². The monoisotopic (exact) mass is 307 g/mol. The third-order valence-corrected chi connectivity index (χ3v) is 3.59. The van der Waals surface area contributed by atoms with E-state index in [1.807, 2.05) is 0 Å². The molecule has 1 aliphatic rings. The maximum atomic E-state index is 13.3. The van der Waals surface area contributed by atoms with Gasteiger partial charge in [-0.2, -0.15) is 0 Å². The quantitative estimate of drug-likeness (QED) is 0.820. The van der Waals surface area contributed by atoms with E-state index in [9.17, 15) is 19.1 Å². The molecule has 2 N–H and O–H groups in total. The fourth-order valence-corrected chi connectivity index (χ4v) is 2.48. The summed E-state index contributed by atoms with van der Waals surface area (Å²) in [7, 11) is 0. The Morgan fingerprint density at radius 1 is 1.32 bits per heavy atom. The standard InChI is InChI=1S/C16H18FNO4/c1-2-22-14-9-10(17)7-8-13(14)18-15(19)11-5-3-4-6-12(11)16(20)21/h3-4,7-9,11-12H,2,5-6H2,1H3,(H,18,19)(H,20,21)/t11-,12+/m0/s1. The summed E-state index contributed by atoms with van der Waals surface area (Å²) in [6, 6.07) is 3.81. The van der Waals surface area contributed by atoms with Gasteiger partial charge in [0.1, 0.15) is 11.6 Å². The second-order valence-corrected chi connectivity index (χ2v) is 5.06. The molecule has 2 rings (SSSR count). The smallest absolute Gasteiger partial charge is 0.307 e. The van der Waals surface area contributed by atoms with E-state index in [1.165, 1.54) is 18.2 Å². The fourth-order valence-electron chi connectivity index (χ4n) is 2.48. The molecule has 0 saturated heterocycles. The molecule has 1 aliphatic carbocycles. The van der Waals surface area contributed by atoms with Crippen LogP contribution in [0.3, 0.4) is 0 Å². The Morgan fingerprint density at radius 2 is 2.00 bits per heavy atom. The van der Waals surface area contributed by atoms with Gasteiger partial charge >= 0.3 is 5.97 Å². The van der Waals surface area contributed by atoms with Crippen molar-refractivity contribution in [1.82, 2.24) is 0 Å². The Bertz CT molecular complexity index is 600. The summed E-state index contributed by atoms with van der Waals surface area (Å²) >= 11 is 0. The number of rotatable bonds is 5. The molecule has 1 amide bonds. The Hall–Kier alpha value is -2.37. The number of carbonyl (C=O) groups is 2. The summed E-state index contributed by atoms with van der Waals surface area (Å²) in [6.45, 7) is 2.08. The van der Waals surface area contributed by atoms with E-state index < -0.39 is 29.5 Å². The number of ether oxygens (including phenoxy) is 1. The molecular formula is C16H18FNO4. The van der Waals surface area contributed by atoms with Crippen LogP contribution in [-0.4, -0.2) is 23.6 Å². The van der Waals surface area contributed by atoms with Crippen molar-refractivity contribution in [1.29, 1.82) is 0 Å². The van der Waals surface area contributed by atoms with Gasteiger partial charge in [0, 0.05) is 6.07 Å².